The predicted octanol–water partition coefficient (Wildman–Crippen LogP) is 3.32. The lowest BCUT2D eigenvalue weighted by Crippen LogP contribution is -2.17. The maximum atomic E-state index is 12.3. The average molecular weight is 248 g/mol. The maximum absolute atomic E-state index is 12.3. The second kappa shape index (κ2) is 5.42. The minimum Gasteiger partial charge on any atom is -0.486 e. The van der Waals surface area contributed by atoms with E-state index in [9.17, 15) is 4.79 Å². The number of carbonyl (C=O) groups is 1. The number of Topliss-reactive ketones (excluding diaryl/α,β-unsaturated/α-hetero) is 1. The highest BCUT2D eigenvalue weighted by molar-refractivity contribution is 5.98. The lowest BCUT2D eigenvalue weighted by Gasteiger charge is -2.19. The number of hydrogen-bond donors (Lipinski definition) is 0. The minimum absolute atomic E-state index is 0.0487. The van der Waals surface area contributed by atoms with Crippen LogP contribution in [0.3, 0.4) is 0 Å². The van der Waals surface area contributed by atoms with E-state index in [1.165, 1.54) is 0 Å². The summed E-state index contributed by atoms with van der Waals surface area (Å²) in [6, 6.07) is 5.45. The lowest BCUT2D eigenvalue weighted by molar-refractivity contribution is 0.0914. The first kappa shape index (κ1) is 12.9. The molecule has 0 aromatic heterocycles. The molecule has 3 heteroatoms. The number of rotatable bonds is 4. The topological polar surface area (TPSA) is 35.5 Å². The molecule has 1 aromatic rings. The Hall–Kier alpha value is -1.51. The fourth-order valence-electron chi connectivity index (χ4n) is 2.30. The van der Waals surface area contributed by atoms with Crippen molar-refractivity contribution in [3.8, 4) is 11.5 Å². The van der Waals surface area contributed by atoms with E-state index >= 15 is 0 Å². The van der Waals surface area contributed by atoms with Crippen molar-refractivity contribution in [3.63, 3.8) is 0 Å². The van der Waals surface area contributed by atoms with Crippen LogP contribution in [0.1, 0.15) is 37.6 Å². The Morgan fingerprint density at radius 1 is 1.17 bits per heavy atom. The summed E-state index contributed by atoms with van der Waals surface area (Å²) in [4.78, 5) is 12.3. The van der Waals surface area contributed by atoms with Gasteiger partial charge in [-0.25, -0.2) is 0 Å². The Kier molecular flexibility index (Phi) is 3.90. The van der Waals surface area contributed by atoms with Crippen LogP contribution in [0, 0.1) is 11.8 Å². The highest BCUT2D eigenvalue weighted by Crippen LogP contribution is 2.31. The molecule has 3 nitrogen and oxygen atoms in total. The van der Waals surface area contributed by atoms with E-state index in [2.05, 4.69) is 13.8 Å². The molecule has 0 spiro atoms. The van der Waals surface area contributed by atoms with Gasteiger partial charge in [-0.05, 0) is 30.5 Å². The fourth-order valence-corrected chi connectivity index (χ4v) is 2.30. The van der Waals surface area contributed by atoms with Gasteiger partial charge in [-0.15, -0.1) is 0 Å². The van der Waals surface area contributed by atoms with Crippen LogP contribution in [-0.2, 0) is 0 Å². The molecule has 1 aliphatic rings. The van der Waals surface area contributed by atoms with Crippen molar-refractivity contribution in [1.29, 1.82) is 0 Å². The van der Waals surface area contributed by atoms with Gasteiger partial charge in [0.25, 0.3) is 0 Å². The molecule has 1 unspecified atom stereocenters. The molecule has 0 bridgehead atoms. The number of benzene rings is 1. The van der Waals surface area contributed by atoms with Gasteiger partial charge < -0.3 is 9.47 Å². The molecule has 1 heterocycles. The molecule has 98 valence electrons. The van der Waals surface area contributed by atoms with E-state index in [0.717, 1.165) is 12.2 Å². The highest BCUT2D eigenvalue weighted by Gasteiger charge is 2.19. The summed E-state index contributed by atoms with van der Waals surface area (Å²) >= 11 is 0. The standard InChI is InChI=1S/C15H20O3/c1-10(2)8-11(3)15(16)12-4-5-13-14(9-12)18-7-6-17-13/h4-5,9-11H,6-8H2,1-3H3. The molecule has 0 saturated carbocycles. The Bertz CT molecular complexity index is 437. The van der Waals surface area contributed by atoms with Crippen LogP contribution in [0.4, 0.5) is 0 Å². The summed E-state index contributed by atoms with van der Waals surface area (Å²) < 4.78 is 10.9. The smallest absolute Gasteiger partial charge is 0.165 e. The van der Waals surface area contributed by atoms with Crippen molar-refractivity contribution in [2.45, 2.75) is 27.2 Å². The zero-order valence-electron chi connectivity index (χ0n) is 11.2. The summed E-state index contributed by atoms with van der Waals surface area (Å²) in [5.41, 5.74) is 0.715. The van der Waals surface area contributed by atoms with Gasteiger partial charge in [-0.2, -0.15) is 0 Å². The van der Waals surface area contributed by atoms with Crippen molar-refractivity contribution in [2.24, 2.45) is 11.8 Å². The lowest BCUT2D eigenvalue weighted by atomic mass is 9.91. The fraction of sp³-hybridized carbons (Fsp3) is 0.533. The number of ketones is 1. The van der Waals surface area contributed by atoms with E-state index in [4.69, 9.17) is 9.47 Å². The van der Waals surface area contributed by atoms with Crippen molar-refractivity contribution < 1.29 is 14.3 Å². The molecule has 2 rings (SSSR count). The zero-order valence-corrected chi connectivity index (χ0v) is 11.2. The van der Waals surface area contributed by atoms with E-state index < -0.39 is 0 Å². The number of carbonyl (C=O) groups excluding carboxylic acids is 1. The minimum atomic E-state index is 0.0487. The van der Waals surface area contributed by atoms with E-state index in [0.29, 0.717) is 30.4 Å². The third-order valence-electron chi connectivity index (χ3n) is 3.10. The average Bonchev–Trinajstić information content (AvgIpc) is 2.36. The molecule has 0 radical (unpaired) electrons. The van der Waals surface area contributed by atoms with Crippen molar-refractivity contribution >= 4 is 5.78 Å². The monoisotopic (exact) mass is 248 g/mol. The second-order valence-corrected chi connectivity index (χ2v) is 5.25. The Morgan fingerprint density at radius 3 is 2.50 bits per heavy atom. The Balaban J connectivity index is 2.15. The second-order valence-electron chi connectivity index (χ2n) is 5.25. The first-order valence-electron chi connectivity index (χ1n) is 6.51. The van der Waals surface area contributed by atoms with Crippen molar-refractivity contribution in [3.05, 3.63) is 23.8 Å². The molecule has 0 N–H and O–H groups in total. The van der Waals surface area contributed by atoms with Crippen molar-refractivity contribution in [1.82, 2.24) is 0 Å². The Morgan fingerprint density at radius 2 is 1.83 bits per heavy atom. The maximum Gasteiger partial charge on any atom is 0.165 e. The van der Waals surface area contributed by atoms with Gasteiger partial charge in [0.05, 0.1) is 0 Å². The van der Waals surface area contributed by atoms with Crippen LogP contribution in [0.5, 0.6) is 11.5 Å². The summed E-state index contributed by atoms with van der Waals surface area (Å²) in [7, 11) is 0. The molecular formula is C15H20O3. The zero-order chi connectivity index (χ0) is 13.1. The van der Waals surface area contributed by atoms with Crippen LogP contribution in [-0.4, -0.2) is 19.0 Å². The molecule has 0 amide bonds. The van der Waals surface area contributed by atoms with Gasteiger partial charge in [0.15, 0.2) is 17.3 Å². The largest absolute Gasteiger partial charge is 0.486 e. The molecule has 0 aliphatic carbocycles. The van der Waals surface area contributed by atoms with E-state index in [-0.39, 0.29) is 11.7 Å². The summed E-state index contributed by atoms with van der Waals surface area (Å²) in [6.45, 7) is 7.37. The van der Waals surface area contributed by atoms with Crippen molar-refractivity contribution in [2.75, 3.05) is 13.2 Å². The summed E-state index contributed by atoms with van der Waals surface area (Å²) in [5.74, 6) is 2.17. The highest BCUT2D eigenvalue weighted by atomic mass is 16.6. The first-order valence-corrected chi connectivity index (χ1v) is 6.51. The van der Waals surface area contributed by atoms with Gasteiger partial charge in [-0.1, -0.05) is 20.8 Å². The number of hydrogen-bond acceptors (Lipinski definition) is 3. The molecule has 18 heavy (non-hydrogen) atoms. The first-order chi connectivity index (χ1) is 8.58. The Labute approximate surface area is 108 Å². The summed E-state index contributed by atoms with van der Waals surface area (Å²) in [5, 5.41) is 0. The predicted molar refractivity (Wildman–Crippen MR) is 70.4 cm³/mol. The molecular weight excluding hydrogens is 228 g/mol. The molecule has 0 fully saturated rings. The normalized spacial score (nSPS) is 15.6. The SMILES string of the molecule is CC(C)CC(C)C(=O)c1ccc2c(c1)OCCO2. The number of ether oxygens (including phenoxy) is 2. The van der Waals surface area contributed by atoms with Crippen LogP contribution in [0.2, 0.25) is 0 Å². The van der Waals surface area contributed by atoms with Crippen LogP contribution >= 0.6 is 0 Å². The molecule has 1 aromatic carbocycles. The van der Waals surface area contributed by atoms with Gasteiger partial charge in [-0.3, -0.25) is 4.79 Å². The van der Waals surface area contributed by atoms with Crippen LogP contribution < -0.4 is 9.47 Å². The van der Waals surface area contributed by atoms with E-state index in [1.54, 1.807) is 6.07 Å². The third-order valence-corrected chi connectivity index (χ3v) is 3.10. The molecule has 1 aliphatic heterocycles. The summed E-state index contributed by atoms with van der Waals surface area (Å²) in [6.07, 6.45) is 0.910. The van der Waals surface area contributed by atoms with Gasteiger partial charge >= 0.3 is 0 Å². The third kappa shape index (κ3) is 2.84. The van der Waals surface area contributed by atoms with Gasteiger partial charge in [0.1, 0.15) is 13.2 Å². The quantitative estimate of drug-likeness (QED) is 0.767. The van der Waals surface area contributed by atoms with Crippen LogP contribution in [0.15, 0.2) is 18.2 Å². The van der Waals surface area contributed by atoms with E-state index in [1.807, 2.05) is 19.1 Å². The van der Waals surface area contributed by atoms with Gasteiger partial charge in [0, 0.05) is 11.5 Å². The van der Waals surface area contributed by atoms with Crippen LogP contribution in [0.25, 0.3) is 0 Å². The molecule has 0 saturated heterocycles. The number of fused-ring (bicyclic) bond motifs is 1. The molecule has 1 atom stereocenters. The van der Waals surface area contributed by atoms with Gasteiger partial charge in [0.2, 0.25) is 0 Å².